The molecule has 13 heteroatoms. The lowest BCUT2D eigenvalue weighted by Crippen LogP contribution is -2.57. The van der Waals surface area contributed by atoms with Crippen molar-refractivity contribution in [3.63, 3.8) is 0 Å². The molecular formula is C18H34N6O6S. The van der Waals surface area contributed by atoms with Gasteiger partial charge < -0.3 is 38.3 Å². The Balaban J connectivity index is 4.97. The third-order valence-corrected chi connectivity index (χ3v) is 4.97. The highest BCUT2D eigenvalue weighted by Crippen LogP contribution is 2.03. The molecule has 0 aromatic rings. The predicted molar refractivity (Wildman–Crippen MR) is 117 cm³/mol. The van der Waals surface area contributed by atoms with Gasteiger partial charge in [0.25, 0.3) is 0 Å². The van der Waals surface area contributed by atoms with Crippen LogP contribution in [0.15, 0.2) is 0 Å². The number of amides is 4. The molecular weight excluding hydrogens is 428 g/mol. The van der Waals surface area contributed by atoms with Crippen molar-refractivity contribution in [2.45, 2.75) is 63.2 Å². The van der Waals surface area contributed by atoms with Crippen LogP contribution in [0.4, 0.5) is 0 Å². The van der Waals surface area contributed by atoms with Crippen molar-refractivity contribution in [3.05, 3.63) is 0 Å². The zero-order valence-electron chi connectivity index (χ0n) is 17.9. The van der Waals surface area contributed by atoms with Crippen LogP contribution < -0.4 is 33.2 Å². The number of carboxylic acid groups (broad SMARTS) is 1. The number of hydrogen-bond donors (Lipinski definition) is 7. The van der Waals surface area contributed by atoms with Crippen LogP contribution in [0.5, 0.6) is 0 Å². The van der Waals surface area contributed by atoms with Gasteiger partial charge in [-0.2, -0.15) is 11.8 Å². The van der Waals surface area contributed by atoms with Crippen LogP contribution in [0.3, 0.4) is 0 Å². The number of nitrogens with one attached hydrogen (secondary N) is 3. The first-order valence-electron chi connectivity index (χ1n) is 9.90. The lowest BCUT2D eigenvalue weighted by atomic mass is 10.1. The van der Waals surface area contributed by atoms with E-state index in [0.29, 0.717) is 31.6 Å². The molecule has 0 radical (unpaired) electrons. The highest BCUT2D eigenvalue weighted by atomic mass is 32.2. The van der Waals surface area contributed by atoms with E-state index in [0.717, 1.165) is 0 Å². The summed E-state index contributed by atoms with van der Waals surface area (Å²) in [4.78, 5) is 59.6. The predicted octanol–water partition coefficient (Wildman–Crippen LogP) is -2.37. The molecule has 0 bridgehead atoms. The molecule has 0 aromatic heterocycles. The Morgan fingerprint density at radius 1 is 0.935 bits per heavy atom. The van der Waals surface area contributed by atoms with E-state index >= 15 is 0 Å². The molecule has 0 aliphatic carbocycles. The summed E-state index contributed by atoms with van der Waals surface area (Å²) in [5.41, 5.74) is 16.3. The maximum Gasteiger partial charge on any atom is 0.326 e. The van der Waals surface area contributed by atoms with E-state index in [1.165, 1.54) is 18.7 Å². The molecule has 0 saturated heterocycles. The van der Waals surface area contributed by atoms with Crippen molar-refractivity contribution in [2.24, 2.45) is 17.2 Å². The fraction of sp³-hybridized carbons (Fsp3) is 0.722. The second-order valence-electron chi connectivity index (χ2n) is 7.03. The number of rotatable bonds is 16. The minimum Gasteiger partial charge on any atom is -0.480 e. The number of primary amides is 1. The maximum atomic E-state index is 12.5. The van der Waals surface area contributed by atoms with E-state index in [4.69, 9.17) is 17.2 Å². The van der Waals surface area contributed by atoms with Gasteiger partial charge in [-0.05, 0) is 44.7 Å². The third-order valence-electron chi connectivity index (χ3n) is 4.32. The lowest BCUT2D eigenvalue weighted by molar-refractivity contribution is -0.142. The van der Waals surface area contributed by atoms with Gasteiger partial charge >= 0.3 is 5.97 Å². The smallest absolute Gasteiger partial charge is 0.326 e. The van der Waals surface area contributed by atoms with Crippen LogP contribution in [0, 0.1) is 0 Å². The molecule has 178 valence electrons. The fourth-order valence-electron chi connectivity index (χ4n) is 2.50. The number of nitrogens with two attached hydrogens (primary N) is 3. The van der Waals surface area contributed by atoms with Crippen LogP contribution in [-0.2, 0) is 24.0 Å². The average Bonchev–Trinajstić information content (AvgIpc) is 2.69. The first kappa shape index (κ1) is 28.6. The van der Waals surface area contributed by atoms with E-state index in [1.807, 2.05) is 0 Å². The molecule has 0 saturated carbocycles. The van der Waals surface area contributed by atoms with Gasteiger partial charge in [0.15, 0.2) is 0 Å². The van der Waals surface area contributed by atoms with Gasteiger partial charge in [-0.15, -0.1) is 0 Å². The number of hydrogen-bond acceptors (Lipinski definition) is 8. The van der Waals surface area contributed by atoms with Gasteiger partial charge in [0.1, 0.15) is 18.1 Å². The van der Waals surface area contributed by atoms with E-state index in [1.54, 1.807) is 6.26 Å². The van der Waals surface area contributed by atoms with Crippen molar-refractivity contribution >= 4 is 41.4 Å². The second-order valence-corrected chi connectivity index (χ2v) is 8.02. The van der Waals surface area contributed by atoms with Crippen LogP contribution in [0.2, 0.25) is 0 Å². The standard InChI is InChI=1S/C18H34N6O6S/c1-10(15(26)23-12(18(29)30)6-8-31-2)22-17(28)13(9-14(21)25)24-16(27)11(20)5-3-4-7-19/h10-13H,3-9,19-20H2,1-2H3,(H2,21,25)(H,22,28)(H,23,26)(H,24,27)(H,29,30). The Morgan fingerprint density at radius 3 is 2.06 bits per heavy atom. The number of carbonyl (C=O) groups excluding carboxylic acids is 4. The van der Waals surface area contributed by atoms with Crippen LogP contribution in [-0.4, -0.2) is 77.4 Å². The summed E-state index contributed by atoms with van der Waals surface area (Å²) >= 11 is 1.43. The molecule has 0 aliphatic rings. The SMILES string of the molecule is CSCCC(NC(=O)C(C)NC(=O)C(CC(N)=O)NC(=O)C(N)CCCCN)C(=O)O. The minimum absolute atomic E-state index is 0.214. The van der Waals surface area contributed by atoms with Gasteiger partial charge in [0.05, 0.1) is 12.5 Å². The van der Waals surface area contributed by atoms with E-state index in [9.17, 15) is 29.1 Å². The average molecular weight is 463 g/mol. The van der Waals surface area contributed by atoms with Crippen LogP contribution in [0.1, 0.15) is 39.0 Å². The number of carbonyl (C=O) groups is 5. The summed E-state index contributed by atoms with van der Waals surface area (Å²) in [5.74, 6) is -3.68. The minimum atomic E-state index is -1.33. The molecule has 4 unspecified atom stereocenters. The topological polar surface area (TPSA) is 220 Å². The number of unbranched alkanes of at least 4 members (excludes halogenated alkanes) is 1. The molecule has 0 aliphatic heterocycles. The second kappa shape index (κ2) is 15.4. The Bertz CT molecular complexity index is 635. The molecule has 4 amide bonds. The Morgan fingerprint density at radius 2 is 1.55 bits per heavy atom. The zero-order valence-corrected chi connectivity index (χ0v) is 18.7. The monoisotopic (exact) mass is 462 g/mol. The van der Waals surface area contributed by atoms with Crippen LogP contribution in [0.25, 0.3) is 0 Å². The van der Waals surface area contributed by atoms with Crippen molar-refractivity contribution in [1.82, 2.24) is 16.0 Å². The van der Waals surface area contributed by atoms with Crippen LogP contribution >= 0.6 is 11.8 Å². The maximum absolute atomic E-state index is 12.5. The number of aliphatic carboxylic acids is 1. The molecule has 12 nitrogen and oxygen atoms in total. The summed E-state index contributed by atoms with van der Waals surface area (Å²) in [6.45, 7) is 1.81. The van der Waals surface area contributed by atoms with Crippen molar-refractivity contribution in [1.29, 1.82) is 0 Å². The van der Waals surface area contributed by atoms with Gasteiger partial charge in [-0.1, -0.05) is 6.42 Å². The lowest BCUT2D eigenvalue weighted by Gasteiger charge is -2.23. The summed E-state index contributed by atoms with van der Waals surface area (Å²) in [7, 11) is 0. The summed E-state index contributed by atoms with van der Waals surface area (Å²) in [5, 5.41) is 16.3. The summed E-state index contributed by atoms with van der Waals surface area (Å²) < 4.78 is 0. The zero-order chi connectivity index (χ0) is 24.0. The quantitative estimate of drug-likeness (QED) is 0.122. The fourth-order valence-corrected chi connectivity index (χ4v) is 2.97. The first-order valence-corrected chi connectivity index (χ1v) is 11.3. The summed E-state index contributed by atoms with van der Waals surface area (Å²) in [6, 6.07) is -4.45. The van der Waals surface area contributed by atoms with Gasteiger partial charge in [-0.25, -0.2) is 4.79 Å². The highest BCUT2D eigenvalue weighted by Gasteiger charge is 2.29. The molecule has 4 atom stereocenters. The van der Waals surface area contributed by atoms with Gasteiger partial charge in [0, 0.05) is 0 Å². The number of carboxylic acids is 1. The Kier molecular flexibility index (Phi) is 14.2. The van der Waals surface area contributed by atoms with E-state index in [2.05, 4.69) is 16.0 Å². The molecule has 0 heterocycles. The molecule has 10 N–H and O–H groups in total. The first-order chi connectivity index (χ1) is 14.5. The molecule has 0 aromatic carbocycles. The Labute approximate surface area is 185 Å². The van der Waals surface area contributed by atoms with Gasteiger partial charge in [-0.3, -0.25) is 19.2 Å². The van der Waals surface area contributed by atoms with E-state index < -0.39 is 60.2 Å². The molecule has 0 rings (SSSR count). The Hall–Kier alpha value is -2.38. The van der Waals surface area contributed by atoms with Gasteiger partial charge in [0.2, 0.25) is 23.6 Å². The number of thioether (sulfide) groups is 1. The van der Waals surface area contributed by atoms with E-state index in [-0.39, 0.29) is 6.42 Å². The largest absolute Gasteiger partial charge is 0.480 e. The summed E-state index contributed by atoms with van der Waals surface area (Å²) in [6.07, 6.45) is 3.18. The molecule has 0 spiro atoms. The van der Waals surface area contributed by atoms with Crippen molar-refractivity contribution in [3.8, 4) is 0 Å². The normalized spacial score (nSPS) is 14.6. The molecule has 0 fully saturated rings. The van der Waals surface area contributed by atoms with Crippen molar-refractivity contribution < 1.29 is 29.1 Å². The highest BCUT2D eigenvalue weighted by molar-refractivity contribution is 7.98. The van der Waals surface area contributed by atoms with Crippen molar-refractivity contribution in [2.75, 3.05) is 18.6 Å². The molecule has 31 heavy (non-hydrogen) atoms. The third kappa shape index (κ3) is 12.2.